The Morgan fingerprint density at radius 2 is 2.36 bits per heavy atom. The van der Waals surface area contributed by atoms with E-state index in [9.17, 15) is 4.79 Å². The second-order valence-electron chi connectivity index (χ2n) is 4.13. The van der Waals surface area contributed by atoms with Gasteiger partial charge in [0.25, 0.3) is 0 Å². The summed E-state index contributed by atoms with van der Waals surface area (Å²) in [6.07, 6.45) is 2.87. The van der Waals surface area contributed by atoms with Gasteiger partial charge in [0, 0.05) is 20.1 Å². The average molecular weight is 199 g/mol. The van der Waals surface area contributed by atoms with E-state index >= 15 is 0 Å². The van der Waals surface area contributed by atoms with Crippen molar-refractivity contribution in [1.29, 1.82) is 0 Å². The molecule has 1 aliphatic heterocycles. The third-order valence-corrected chi connectivity index (χ3v) is 2.70. The van der Waals surface area contributed by atoms with Gasteiger partial charge in [-0.3, -0.25) is 9.69 Å². The van der Waals surface area contributed by atoms with Crippen LogP contribution in [-0.4, -0.2) is 44.0 Å². The molecular weight excluding hydrogens is 178 g/mol. The zero-order chi connectivity index (χ0) is 10.4. The summed E-state index contributed by atoms with van der Waals surface area (Å²) >= 11 is 0. The van der Waals surface area contributed by atoms with Crippen LogP contribution in [0.2, 0.25) is 0 Å². The molecule has 0 aromatic heterocycles. The lowest BCUT2D eigenvalue weighted by atomic mass is 10.1. The number of ether oxygens (including phenoxy) is 1. The van der Waals surface area contributed by atoms with Crippen molar-refractivity contribution in [3.63, 3.8) is 0 Å². The van der Waals surface area contributed by atoms with Gasteiger partial charge >= 0.3 is 0 Å². The molecule has 0 aliphatic carbocycles. The number of Topliss-reactive ketones (excluding diaryl/α,β-unsaturated/α-hetero) is 1. The highest BCUT2D eigenvalue weighted by Crippen LogP contribution is 2.16. The molecular formula is C11H21NO2. The zero-order valence-electron chi connectivity index (χ0n) is 9.29. The van der Waals surface area contributed by atoms with Crippen LogP contribution in [0.15, 0.2) is 0 Å². The molecule has 0 N–H and O–H groups in total. The van der Waals surface area contributed by atoms with Crippen molar-refractivity contribution in [1.82, 2.24) is 4.90 Å². The molecule has 1 atom stereocenters. The molecule has 0 aromatic carbocycles. The largest absolute Gasteiger partial charge is 0.384 e. The summed E-state index contributed by atoms with van der Waals surface area (Å²) in [4.78, 5) is 13.6. The molecule has 0 bridgehead atoms. The lowest BCUT2D eigenvalue weighted by Gasteiger charge is -2.14. The van der Waals surface area contributed by atoms with Crippen LogP contribution in [0.4, 0.5) is 0 Å². The SMILES string of the molecule is CCCC(=O)CN1CCC(COC)C1. The van der Waals surface area contributed by atoms with Crippen LogP contribution in [-0.2, 0) is 9.53 Å². The molecule has 0 radical (unpaired) electrons. The molecule has 0 aromatic rings. The van der Waals surface area contributed by atoms with Crippen LogP contribution < -0.4 is 0 Å². The Kier molecular flexibility index (Phi) is 5.12. The highest BCUT2D eigenvalue weighted by molar-refractivity contribution is 5.80. The van der Waals surface area contributed by atoms with E-state index in [-0.39, 0.29) is 0 Å². The van der Waals surface area contributed by atoms with Gasteiger partial charge in [-0.25, -0.2) is 0 Å². The fraction of sp³-hybridized carbons (Fsp3) is 0.909. The van der Waals surface area contributed by atoms with Crippen molar-refractivity contribution in [3.05, 3.63) is 0 Å². The van der Waals surface area contributed by atoms with Crippen LogP contribution >= 0.6 is 0 Å². The van der Waals surface area contributed by atoms with E-state index in [2.05, 4.69) is 11.8 Å². The Morgan fingerprint density at radius 3 is 3.00 bits per heavy atom. The summed E-state index contributed by atoms with van der Waals surface area (Å²) < 4.78 is 5.11. The first kappa shape index (κ1) is 11.7. The van der Waals surface area contributed by atoms with Crippen molar-refractivity contribution >= 4 is 5.78 Å². The van der Waals surface area contributed by atoms with Crippen LogP contribution in [0.25, 0.3) is 0 Å². The van der Waals surface area contributed by atoms with Gasteiger partial charge in [-0.1, -0.05) is 6.92 Å². The standard InChI is InChI=1S/C11H21NO2/c1-3-4-11(13)8-12-6-5-10(7-12)9-14-2/h10H,3-9H2,1-2H3. The Labute approximate surface area is 86.4 Å². The normalized spacial score (nSPS) is 22.9. The van der Waals surface area contributed by atoms with Gasteiger partial charge in [0.05, 0.1) is 13.2 Å². The highest BCUT2D eigenvalue weighted by Gasteiger charge is 2.23. The molecule has 1 fully saturated rings. The number of hydrogen-bond donors (Lipinski definition) is 0. The fourth-order valence-electron chi connectivity index (χ4n) is 2.04. The fourth-order valence-corrected chi connectivity index (χ4v) is 2.04. The minimum atomic E-state index is 0.380. The van der Waals surface area contributed by atoms with Crippen molar-refractivity contribution in [2.75, 3.05) is 33.4 Å². The van der Waals surface area contributed by atoms with Crippen LogP contribution in [0.5, 0.6) is 0 Å². The maximum absolute atomic E-state index is 11.4. The third-order valence-electron chi connectivity index (χ3n) is 2.70. The Bertz CT molecular complexity index is 182. The molecule has 0 amide bonds. The first-order chi connectivity index (χ1) is 6.76. The summed E-state index contributed by atoms with van der Waals surface area (Å²) in [5.74, 6) is 1.01. The van der Waals surface area contributed by atoms with E-state index in [1.54, 1.807) is 7.11 Å². The molecule has 14 heavy (non-hydrogen) atoms. The topological polar surface area (TPSA) is 29.5 Å². The second-order valence-corrected chi connectivity index (χ2v) is 4.13. The van der Waals surface area contributed by atoms with Gasteiger partial charge < -0.3 is 4.74 Å². The summed E-state index contributed by atoms with van der Waals surface area (Å²) in [6, 6.07) is 0. The van der Waals surface area contributed by atoms with Crippen LogP contribution in [0, 0.1) is 5.92 Å². The Hall–Kier alpha value is -0.410. The minimum Gasteiger partial charge on any atom is -0.384 e. The molecule has 0 saturated carbocycles. The predicted octanol–water partition coefficient (Wildman–Crippen LogP) is 1.32. The number of hydrogen-bond acceptors (Lipinski definition) is 3. The first-order valence-corrected chi connectivity index (χ1v) is 5.49. The molecule has 0 spiro atoms. The number of carbonyl (C=O) groups excluding carboxylic acids is 1. The van der Waals surface area contributed by atoms with Crippen LogP contribution in [0.3, 0.4) is 0 Å². The monoisotopic (exact) mass is 199 g/mol. The molecule has 1 saturated heterocycles. The molecule has 1 aliphatic rings. The van der Waals surface area contributed by atoms with Crippen molar-refractivity contribution < 1.29 is 9.53 Å². The van der Waals surface area contributed by atoms with Crippen molar-refractivity contribution in [2.24, 2.45) is 5.92 Å². The second kappa shape index (κ2) is 6.14. The minimum absolute atomic E-state index is 0.380. The number of rotatable bonds is 6. The molecule has 1 unspecified atom stereocenters. The number of nitrogens with zero attached hydrogens (tertiary/aromatic N) is 1. The van der Waals surface area contributed by atoms with Gasteiger partial charge in [0.15, 0.2) is 0 Å². The smallest absolute Gasteiger partial charge is 0.146 e. The van der Waals surface area contributed by atoms with Crippen LogP contribution in [0.1, 0.15) is 26.2 Å². The number of ketones is 1. The van der Waals surface area contributed by atoms with Gasteiger partial charge in [0.2, 0.25) is 0 Å². The lowest BCUT2D eigenvalue weighted by Crippen LogP contribution is -2.28. The molecule has 1 rings (SSSR count). The summed E-state index contributed by atoms with van der Waals surface area (Å²) in [5, 5.41) is 0. The Morgan fingerprint density at radius 1 is 1.57 bits per heavy atom. The number of carbonyl (C=O) groups is 1. The quantitative estimate of drug-likeness (QED) is 0.646. The maximum atomic E-state index is 11.4. The van der Waals surface area contributed by atoms with Gasteiger partial charge in [-0.15, -0.1) is 0 Å². The van der Waals surface area contributed by atoms with Gasteiger partial charge in [-0.05, 0) is 25.3 Å². The van der Waals surface area contributed by atoms with Crippen molar-refractivity contribution in [3.8, 4) is 0 Å². The van der Waals surface area contributed by atoms with E-state index in [0.717, 1.165) is 32.5 Å². The first-order valence-electron chi connectivity index (χ1n) is 5.49. The Balaban J connectivity index is 2.18. The summed E-state index contributed by atoms with van der Waals surface area (Å²) in [6.45, 7) is 5.62. The van der Waals surface area contributed by atoms with Crippen molar-refractivity contribution in [2.45, 2.75) is 26.2 Å². The van der Waals surface area contributed by atoms with E-state index in [0.29, 0.717) is 18.2 Å². The molecule has 82 valence electrons. The average Bonchev–Trinajstić information content (AvgIpc) is 2.53. The van der Waals surface area contributed by atoms with E-state index in [1.807, 2.05) is 0 Å². The van der Waals surface area contributed by atoms with E-state index < -0.39 is 0 Å². The maximum Gasteiger partial charge on any atom is 0.146 e. The number of likely N-dealkylation sites (tertiary alicyclic amines) is 1. The zero-order valence-corrected chi connectivity index (χ0v) is 9.29. The highest BCUT2D eigenvalue weighted by atomic mass is 16.5. The lowest BCUT2D eigenvalue weighted by molar-refractivity contribution is -0.120. The molecule has 3 heteroatoms. The number of methoxy groups -OCH3 is 1. The third kappa shape index (κ3) is 3.76. The van der Waals surface area contributed by atoms with E-state index in [1.165, 1.54) is 6.42 Å². The molecule has 1 heterocycles. The predicted molar refractivity (Wildman–Crippen MR) is 56.3 cm³/mol. The van der Waals surface area contributed by atoms with Gasteiger partial charge in [-0.2, -0.15) is 0 Å². The molecule has 3 nitrogen and oxygen atoms in total. The summed E-state index contributed by atoms with van der Waals surface area (Å²) in [7, 11) is 1.74. The van der Waals surface area contributed by atoms with E-state index in [4.69, 9.17) is 4.74 Å². The summed E-state index contributed by atoms with van der Waals surface area (Å²) in [5.41, 5.74) is 0. The van der Waals surface area contributed by atoms with Gasteiger partial charge in [0.1, 0.15) is 5.78 Å².